The molecule has 4 bridgehead atoms. The molecule has 2 saturated heterocycles. The van der Waals surface area contributed by atoms with Crippen molar-refractivity contribution in [1.29, 1.82) is 0 Å². The van der Waals surface area contributed by atoms with Crippen LogP contribution in [0.2, 0.25) is 5.02 Å². The fraction of sp³-hybridized carbons (Fsp3) is 0.635. The summed E-state index contributed by atoms with van der Waals surface area (Å²) in [7, 11) is 10.3. The normalized spacial score (nSPS) is 28.9. The van der Waals surface area contributed by atoms with Crippen LogP contribution in [0.1, 0.15) is 78.2 Å². The number of methoxy groups -OCH3 is 2. The summed E-state index contributed by atoms with van der Waals surface area (Å²) in [6, 6.07) is 2.32. The molecule has 23 heteroatoms. The number of nitrogens with one attached hydrogen (secondary N) is 2. The predicted molar refractivity (Wildman–Crippen MR) is 274 cm³/mol. The zero-order chi connectivity index (χ0) is 55.4. The van der Waals surface area contributed by atoms with Gasteiger partial charge in [-0.25, -0.2) is 19.2 Å². The highest BCUT2D eigenvalue weighted by atomic mass is 35.5. The van der Waals surface area contributed by atoms with Crippen molar-refractivity contribution in [3.05, 3.63) is 58.7 Å². The van der Waals surface area contributed by atoms with E-state index < -0.39 is 102 Å². The molecule has 5 rings (SSSR count). The molecule has 3 aliphatic heterocycles. The number of epoxide rings is 1. The van der Waals surface area contributed by atoms with Gasteiger partial charge in [0.15, 0.2) is 5.72 Å². The lowest BCUT2D eigenvalue weighted by atomic mass is 9.83. The number of benzene rings is 1. The molecule has 10 atom stereocenters. The van der Waals surface area contributed by atoms with Crippen LogP contribution in [0.15, 0.2) is 48.1 Å². The van der Waals surface area contributed by atoms with Crippen molar-refractivity contribution < 1.29 is 76.6 Å². The summed E-state index contributed by atoms with van der Waals surface area (Å²) in [5.74, 6) is -2.53. The number of carbonyl (C=O) groups excluding carboxylic acids is 7. The van der Waals surface area contributed by atoms with Crippen molar-refractivity contribution in [2.45, 2.75) is 133 Å². The number of ether oxygens (including phenoxy) is 8. The van der Waals surface area contributed by atoms with E-state index in [0.29, 0.717) is 24.3 Å². The number of nitrogens with zero attached hydrogens (tertiary/aromatic N) is 4. The van der Waals surface area contributed by atoms with E-state index in [-0.39, 0.29) is 50.1 Å². The smallest absolute Gasteiger partial charge is 0.410 e. The molecule has 0 spiro atoms. The molecule has 1 aromatic rings. The first kappa shape index (κ1) is 59.9. The number of aliphatic hydroxyl groups is 1. The Morgan fingerprint density at radius 3 is 2.43 bits per heavy atom. The maximum atomic E-state index is 14.4. The molecule has 416 valence electrons. The molecule has 3 heterocycles. The first-order valence-corrected chi connectivity index (χ1v) is 25.5. The summed E-state index contributed by atoms with van der Waals surface area (Å²) in [5.41, 5.74) is -1.24. The molecule has 2 unspecified atom stereocenters. The number of alkyl carbamates (subject to hydrolysis) is 1. The Labute approximate surface area is 443 Å². The SMILES string of the molecule is CNC(=O)COC1CCCC/C=C/C1OC(=O)N(C)CCN(C)C(=O)OCCC(=O)N(C)[C@@H](C)C(=O)O[C@H]1CC(=O)N(C)c2cc(cc(OC)c2Cl)C/C(C)=C/C=C/[C@@H](OC)[C@@]2(O)C[C@H](OC(=O)N2)[C@@H](C)[C@@H]2O[C@@]12C. The van der Waals surface area contributed by atoms with Gasteiger partial charge in [-0.15, -0.1) is 0 Å². The van der Waals surface area contributed by atoms with Gasteiger partial charge in [0.05, 0.1) is 37.8 Å². The Hall–Kier alpha value is -5.94. The van der Waals surface area contributed by atoms with Crippen LogP contribution >= 0.6 is 11.6 Å². The molecule has 6 amide bonds. The average Bonchev–Trinajstić information content (AvgIpc) is 4.07. The summed E-state index contributed by atoms with van der Waals surface area (Å²) >= 11 is 6.81. The summed E-state index contributed by atoms with van der Waals surface area (Å²) in [6.45, 7) is 6.39. The van der Waals surface area contributed by atoms with Crippen molar-refractivity contribution >= 4 is 59.3 Å². The van der Waals surface area contributed by atoms with Crippen LogP contribution in [-0.2, 0) is 58.8 Å². The number of anilines is 1. The van der Waals surface area contributed by atoms with Crippen molar-refractivity contribution in [1.82, 2.24) is 25.3 Å². The topological polar surface area (TPSA) is 254 Å². The van der Waals surface area contributed by atoms with Gasteiger partial charge in [0.25, 0.3) is 0 Å². The van der Waals surface area contributed by atoms with Gasteiger partial charge in [-0.2, -0.15) is 0 Å². The molecule has 1 aliphatic carbocycles. The van der Waals surface area contributed by atoms with Gasteiger partial charge in [-0.05, 0) is 70.2 Å². The maximum Gasteiger partial charge on any atom is 0.410 e. The molecule has 22 nitrogen and oxygen atoms in total. The lowest BCUT2D eigenvalue weighted by Gasteiger charge is -2.42. The minimum Gasteiger partial charge on any atom is -0.495 e. The van der Waals surface area contributed by atoms with Gasteiger partial charge in [0, 0.05) is 67.8 Å². The fourth-order valence-corrected chi connectivity index (χ4v) is 9.41. The highest BCUT2D eigenvalue weighted by Crippen LogP contribution is 2.49. The number of allylic oxidation sites excluding steroid dienone is 4. The Balaban J connectivity index is 1.23. The van der Waals surface area contributed by atoms with Gasteiger partial charge < -0.3 is 67.9 Å². The first-order valence-electron chi connectivity index (χ1n) is 25.1. The Kier molecular flexibility index (Phi) is 21.3. The second-order valence-corrected chi connectivity index (χ2v) is 20.1. The van der Waals surface area contributed by atoms with Crippen molar-refractivity contribution in [2.24, 2.45) is 5.92 Å². The monoisotopic (exact) mass is 1070 g/mol. The Morgan fingerprint density at radius 2 is 1.75 bits per heavy atom. The molecular weight excluding hydrogens is 1000 g/mol. The van der Waals surface area contributed by atoms with Crippen LogP contribution in [0.4, 0.5) is 20.1 Å². The first-order chi connectivity index (χ1) is 35.5. The van der Waals surface area contributed by atoms with Crippen molar-refractivity contribution in [3.8, 4) is 5.75 Å². The van der Waals surface area contributed by atoms with Crippen LogP contribution < -0.4 is 20.3 Å². The number of hydrogen-bond donors (Lipinski definition) is 3. The molecule has 75 heavy (non-hydrogen) atoms. The largest absolute Gasteiger partial charge is 0.495 e. The Morgan fingerprint density at radius 1 is 1.04 bits per heavy atom. The van der Waals surface area contributed by atoms with Gasteiger partial charge in [0.2, 0.25) is 17.7 Å². The number of hydrogen-bond acceptors (Lipinski definition) is 16. The second-order valence-electron chi connectivity index (χ2n) is 19.7. The van der Waals surface area contributed by atoms with E-state index in [1.165, 1.54) is 71.1 Å². The number of rotatable bonds is 15. The number of esters is 1. The highest BCUT2D eigenvalue weighted by molar-refractivity contribution is 6.35. The number of halogens is 1. The quantitative estimate of drug-likeness (QED) is 0.0934. The zero-order valence-electron chi connectivity index (χ0n) is 44.9. The van der Waals surface area contributed by atoms with E-state index in [9.17, 15) is 38.7 Å². The standard InChI is InChI=1S/C52H75ClN6O16/c1-31-17-16-20-40(69-11)52(67)29-39(72-48(64)55-52)32(2)46-51(4,75-46)41(28-44(62)59(9)35-26-34(25-31)27-38(68-10)45(35)53)74-47(63)33(3)58(8)43(61)21-24-70-49(65)56(6)22-23-57(7)50(66)73-37-19-15-13-12-14-18-36(37)71-30-42(60)54-5/h15-17,19-20,26-27,32-33,36-37,39-41,46,67H,12-14,18,21-25,28-30H2,1-11H3,(H,54,60)(H,55,64)/b19-15+,20-16+,31-17+/t32-,33+,36?,37?,39+,40-,41+,46+,51+,52+/m1/s1. The van der Waals surface area contributed by atoms with Gasteiger partial charge in [-0.1, -0.05) is 54.8 Å². The van der Waals surface area contributed by atoms with Gasteiger partial charge in [-0.3, -0.25) is 19.7 Å². The maximum absolute atomic E-state index is 14.4. The molecule has 3 N–H and O–H groups in total. The second kappa shape index (κ2) is 26.7. The van der Waals surface area contributed by atoms with E-state index in [1.54, 1.807) is 44.2 Å². The van der Waals surface area contributed by atoms with Crippen LogP contribution in [0.5, 0.6) is 5.75 Å². The summed E-state index contributed by atoms with van der Waals surface area (Å²) in [6.07, 6.45) is 4.17. The number of carbonyl (C=O) groups is 7. The minimum absolute atomic E-state index is 0.0575. The lowest BCUT2D eigenvalue weighted by Crippen LogP contribution is -2.63. The number of likely N-dealkylation sites (N-methyl/N-ethyl adjacent to an activating group) is 4. The van der Waals surface area contributed by atoms with E-state index in [1.807, 2.05) is 19.1 Å². The van der Waals surface area contributed by atoms with Crippen molar-refractivity contribution in [3.63, 3.8) is 0 Å². The highest BCUT2D eigenvalue weighted by Gasteiger charge is 2.64. The number of fused-ring (bicyclic) bond motifs is 5. The molecule has 0 radical (unpaired) electrons. The van der Waals surface area contributed by atoms with E-state index in [4.69, 9.17) is 49.5 Å². The van der Waals surface area contributed by atoms with Crippen LogP contribution in [0.3, 0.4) is 0 Å². The third kappa shape index (κ3) is 15.6. The molecular formula is C52H75ClN6O16. The third-order valence-corrected chi connectivity index (χ3v) is 14.6. The predicted octanol–water partition coefficient (Wildman–Crippen LogP) is 4.67. The molecule has 0 aromatic heterocycles. The van der Waals surface area contributed by atoms with Crippen LogP contribution in [-0.4, -0.2) is 192 Å². The summed E-state index contributed by atoms with van der Waals surface area (Å²) < 4.78 is 46.3. The summed E-state index contributed by atoms with van der Waals surface area (Å²) in [5, 5.41) is 17.0. The van der Waals surface area contributed by atoms with Gasteiger partial charge >= 0.3 is 24.2 Å². The van der Waals surface area contributed by atoms with Crippen LogP contribution in [0, 0.1) is 5.92 Å². The Bertz CT molecular complexity index is 2330. The number of amides is 6. The van der Waals surface area contributed by atoms with Gasteiger partial charge in [0.1, 0.15) is 60.0 Å². The van der Waals surface area contributed by atoms with E-state index >= 15 is 0 Å². The van der Waals surface area contributed by atoms with E-state index in [0.717, 1.165) is 35.3 Å². The summed E-state index contributed by atoms with van der Waals surface area (Å²) in [4.78, 5) is 97.8. The zero-order valence-corrected chi connectivity index (χ0v) is 45.6. The van der Waals surface area contributed by atoms with Crippen LogP contribution in [0.25, 0.3) is 0 Å². The average molecular weight is 1080 g/mol. The van der Waals surface area contributed by atoms with Crippen molar-refractivity contribution in [2.75, 3.05) is 80.7 Å². The lowest BCUT2D eigenvalue weighted by molar-refractivity contribution is -0.162. The molecule has 1 aromatic carbocycles. The third-order valence-electron chi connectivity index (χ3n) is 14.2. The fourth-order valence-electron chi connectivity index (χ4n) is 9.09. The van der Waals surface area contributed by atoms with E-state index in [2.05, 4.69) is 10.6 Å². The molecule has 0 saturated carbocycles. The molecule has 4 aliphatic rings. The minimum atomic E-state index is -1.89. The molecule has 2 fully saturated rings.